The molecule has 0 aliphatic rings. The Kier molecular flexibility index (Phi) is 5.52. The minimum Gasteiger partial charge on any atom is -0.383 e. The van der Waals surface area contributed by atoms with E-state index in [1.807, 2.05) is 13.1 Å². The summed E-state index contributed by atoms with van der Waals surface area (Å²) in [5.41, 5.74) is 5.33. The van der Waals surface area contributed by atoms with Crippen LogP contribution in [-0.4, -0.2) is 24.8 Å². The zero-order valence-electron chi connectivity index (χ0n) is 13.8. The fourth-order valence-electron chi connectivity index (χ4n) is 2.54. The number of rotatable bonds is 6. The molecule has 4 heteroatoms. The van der Waals surface area contributed by atoms with Gasteiger partial charge in [-0.2, -0.15) is 0 Å². The van der Waals surface area contributed by atoms with E-state index in [0.717, 1.165) is 23.5 Å². The van der Waals surface area contributed by atoms with E-state index in [1.54, 1.807) is 13.2 Å². The van der Waals surface area contributed by atoms with Crippen LogP contribution >= 0.6 is 0 Å². The van der Waals surface area contributed by atoms with Crippen molar-refractivity contribution in [2.75, 3.05) is 20.3 Å². The molecule has 2 aromatic rings. The number of benzene rings is 1. The van der Waals surface area contributed by atoms with Gasteiger partial charge in [-0.15, -0.1) is 0 Å². The summed E-state index contributed by atoms with van der Waals surface area (Å²) < 4.78 is 7.09. The molecule has 1 aromatic heterocycles. The second kappa shape index (κ2) is 7.38. The first-order chi connectivity index (χ1) is 10.5. The molecule has 0 saturated carbocycles. The summed E-state index contributed by atoms with van der Waals surface area (Å²) in [5.74, 6) is 0. The molecule has 0 spiro atoms. The summed E-state index contributed by atoms with van der Waals surface area (Å²) in [6, 6.07) is 8.05. The highest BCUT2D eigenvalue weighted by Crippen LogP contribution is 2.17. The van der Waals surface area contributed by atoms with Gasteiger partial charge in [-0.05, 0) is 32.4 Å². The maximum atomic E-state index is 12.1. The first kappa shape index (κ1) is 16.5. The van der Waals surface area contributed by atoms with Gasteiger partial charge in [-0.1, -0.05) is 17.7 Å². The van der Waals surface area contributed by atoms with Crippen molar-refractivity contribution in [3.63, 3.8) is 0 Å². The van der Waals surface area contributed by atoms with Crippen molar-refractivity contribution in [3.05, 3.63) is 63.1 Å². The summed E-state index contributed by atoms with van der Waals surface area (Å²) >= 11 is 0. The van der Waals surface area contributed by atoms with Gasteiger partial charge in [0, 0.05) is 49.4 Å². The summed E-state index contributed by atoms with van der Waals surface area (Å²) in [7, 11) is 1.67. The lowest BCUT2D eigenvalue weighted by Gasteiger charge is -2.16. The highest BCUT2D eigenvalue weighted by Gasteiger charge is 2.07. The number of ether oxygens (including phenoxy) is 1. The second-order valence-corrected chi connectivity index (χ2v) is 5.63. The number of nitrogens with zero attached hydrogens (tertiary/aromatic N) is 1. The van der Waals surface area contributed by atoms with E-state index in [-0.39, 0.29) is 5.43 Å². The summed E-state index contributed by atoms with van der Waals surface area (Å²) in [5, 5.41) is 3.23. The van der Waals surface area contributed by atoms with Crippen LogP contribution in [0.3, 0.4) is 0 Å². The SMILES string of the molecule is COCCNCc1cn(-c2ccc(C)cc2C)c(C)cc1=O. The lowest BCUT2D eigenvalue weighted by Crippen LogP contribution is -2.24. The molecule has 1 N–H and O–H groups in total. The standard InChI is InChI=1S/C18H24N2O2/c1-13-5-6-17(14(2)9-13)20-12-16(11-19-7-8-22-4)18(21)10-15(20)3/h5-6,9-10,12,19H,7-8,11H2,1-4H3. The first-order valence-electron chi connectivity index (χ1n) is 7.52. The summed E-state index contributed by atoms with van der Waals surface area (Å²) in [6.07, 6.45) is 1.94. The van der Waals surface area contributed by atoms with E-state index in [9.17, 15) is 4.79 Å². The smallest absolute Gasteiger partial charge is 0.186 e. The van der Waals surface area contributed by atoms with E-state index in [2.05, 4.69) is 41.9 Å². The van der Waals surface area contributed by atoms with Crippen LogP contribution in [0.2, 0.25) is 0 Å². The van der Waals surface area contributed by atoms with Gasteiger partial charge in [0.05, 0.1) is 6.61 Å². The molecule has 0 fully saturated rings. The van der Waals surface area contributed by atoms with Gasteiger partial charge in [0.25, 0.3) is 0 Å². The maximum absolute atomic E-state index is 12.1. The van der Waals surface area contributed by atoms with Crippen LogP contribution in [0.15, 0.2) is 35.3 Å². The molecule has 0 aliphatic heterocycles. The highest BCUT2D eigenvalue weighted by molar-refractivity contribution is 5.44. The topological polar surface area (TPSA) is 43.3 Å². The monoisotopic (exact) mass is 300 g/mol. The van der Waals surface area contributed by atoms with Crippen LogP contribution in [0.1, 0.15) is 22.4 Å². The van der Waals surface area contributed by atoms with Crippen molar-refractivity contribution in [2.45, 2.75) is 27.3 Å². The molecule has 0 saturated heterocycles. The fourth-order valence-corrected chi connectivity index (χ4v) is 2.54. The number of aromatic nitrogens is 1. The van der Waals surface area contributed by atoms with Crippen molar-refractivity contribution in [1.29, 1.82) is 0 Å². The Hall–Kier alpha value is -1.91. The molecule has 0 bridgehead atoms. The quantitative estimate of drug-likeness (QED) is 0.834. The van der Waals surface area contributed by atoms with Crippen LogP contribution in [-0.2, 0) is 11.3 Å². The Balaban J connectivity index is 2.33. The average Bonchev–Trinajstić information content (AvgIpc) is 2.46. The molecule has 0 radical (unpaired) electrons. The molecule has 0 aliphatic carbocycles. The normalized spacial score (nSPS) is 10.9. The molecule has 2 rings (SSSR count). The first-order valence-corrected chi connectivity index (χ1v) is 7.52. The predicted molar refractivity (Wildman–Crippen MR) is 89.8 cm³/mol. The van der Waals surface area contributed by atoms with Crippen molar-refractivity contribution in [2.24, 2.45) is 0 Å². The Morgan fingerprint density at radius 1 is 1.18 bits per heavy atom. The molecule has 0 unspecified atom stereocenters. The molecule has 0 amide bonds. The number of methoxy groups -OCH3 is 1. The molecule has 1 heterocycles. The Morgan fingerprint density at radius 2 is 1.95 bits per heavy atom. The fraction of sp³-hybridized carbons (Fsp3) is 0.389. The molecular weight excluding hydrogens is 276 g/mol. The zero-order chi connectivity index (χ0) is 16.1. The summed E-state index contributed by atoms with van der Waals surface area (Å²) in [4.78, 5) is 12.1. The lowest BCUT2D eigenvalue weighted by atomic mass is 10.1. The van der Waals surface area contributed by atoms with Gasteiger partial charge < -0.3 is 14.6 Å². The zero-order valence-corrected chi connectivity index (χ0v) is 13.8. The van der Waals surface area contributed by atoms with Crippen molar-refractivity contribution < 1.29 is 4.74 Å². The molecule has 0 atom stereocenters. The molecule has 4 nitrogen and oxygen atoms in total. The van der Waals surface area contributed by atoms with Gasteiger partial charge in [-0.25, -0.2) is 0 Å². The van der Waals surface area contributed by atoms with E-state index in [1.165, 1.54) is 11.1 Å². The van der Waals surface area contributed by atoms with Crippen molar-refractivity contribution >= 4 is 0 Å². The average molecular weight is 300 g/mol. The summed E-state index contributed by atoms with van der Waals surface area (Å²) in [6.45, 7) is 8.05. The van der Waals surface area contributed by atoms with E-state index in [0.29, 0.717) is 13.2 Å². The number of hydrogen-bond donors (Lipinski definition) is 1. The van der Waals surface area contributed by atoms with Gasteiger partial charge in [0.15, 0.2) is 5.43 Å². The number of hydrogen-bond acceptors (Lipinski definition) is 3. The predicted octanol–water partition coefficient (Wildman–Crippen LogP) is 2.50. The van der Waals surface area contributed by atoms with Gasteiger partial charge in [0.1, 0.15) is 0 Å². The van der Waals surface area contributed by atoms with Crippen LogP contribution in [0.25, 0.3) is 5.69 Å². The minimum atomic E-state index is 0.0726. The lowest BCUT2D eigenvalue weighted by molar-refractivity contribution is 0.199. The molecular formula is C18H24N2O2. The number of nitrogens with one attached hydrogen (secondary N) is 1. The van der Waals surface area contributed by atoms with Crippen LogP contribution in [0.4, 0.5) is 0 Å². The minimum absolute atomic E-state index is 0.0726. The van der Waals surface area contributed by atoms with Crippen LogP contribution in [0.5, 0.6) is 0 Å². The molecule has 1 aromatic carbocycles. The largest absolute Gasteiger partial charge is 0.383 e. The van der Waals surface area contributed by atoms with E-state index >= 15 is 0 Å². The third-order valence-electron chi connectivity index (χ3n) is 3.73. The molecule has 118 valence electrons. The van der Waals surface area contributed by atoms with E-state index < -0.39 is 0 Å². The number of pyridine rings is 1. The highest BCUT2D eigenvalue weighted by atomic mass is 16.5. The Morgan fingerprint density at radius 3 is 2.64 bits per heavy atom. The van der Waals surface area contributed by atoms with Gasteiger partial charge in [-0.3, -0.25) is 4.79 Å². The third-order valence-corrected chi connectivity index (χ3v) is 3.73. The maximum Gasteiger partial charge on any atom is 0.186 e. The van der Waals surface area contributed by atoms with Crippen LogP contribution in [0, 0.1) is 20.8 Å². The van der Waals surface area contributed by atoms with Gasteiger partial charge in [0.2, 0.25) is 0 Å². The number of aryl methyl sites for hydroxylation is 3. The second-order valence-electron chi connectivity index (χ2n) is 5.63. The van der Waals surface area contributed by atoms with Gasteiger partial charge >= 0.3 is 0 Å². The van der Waals surface area contributed by atoms with Crippen molar-refractivity contribution in [1.82, 2.24) is 9.88 Å². The Bertz CT molecular complexity index is 705. The van der Waals surface area contributed by atoms with Crippen molar-refractivity contribution in [3.8, 4) is 5.69 Å². The third kappa shape index (κ3) is 3.84. The molecule has 22 heavy (non-hydrogen) atoms. The van der Waals surface area contributed by atoms with Crippen LogP contribution < -0.4 is 10.7 Å². The van der Waals surface area contributed by atoms with E-state index in [4.69, 9.17) is 4.74 Å². The Labute approximate surface area is 131 Å².